The van der Waals surface area contributed by atoms with Crippen LogP contribution in [0, 0.1) is 0 Å². The number of pyridine rings is 1. The highest BCUT2D eigenvalue weighted by molar-refractivity contribution is 5.48. The summed E-state index contributed by atoms with van der Waals surface area (Å²) in [6.45, 7) is 8.97. The van der Waals surface area contributed by atoms with Gasteiger partial charge in [-0.15, -0.1) is 0 Å². The van der Waals surface area contributed by atoms with Crippen LogP contribution in [0.5, 0.6) is 0 Å². The molecule has 1 aromatic heterocycles. The molecule has 2 rings (SSSR count). The molecule has 3 heteroatoms. The first-order valence-electron chi connectivity index (χ1n) is 7.07. The lowest BCUT2D eigenvalue weighted by molar-refractivity contribution is 0.205. The normalized spacial score (nSPS) is 20.6. The molecule has 0 amide bonds. The summed E-state index contributed by atoms with van der Waals surface area (Å²) in [4.78, 5) is 9.43. The summed E-state index contributed by atoms with van der Waals surface area (Å²) in [5.74, 6) is 1.15. The summed E-state index contributed by atoms with van der Waals surface area (Å²) in [7, 11) is 2.13. The number of likely N-dealkylation sites (tertiary alicyclic amines) is 1. The van der Waals surface area contributed by atoms with Crippen molar-refractivity contribution < 1.29 is 0 Å². The van der Waals surface area contributed by atoms with E-state index in [-0.39, 0.29) is 0 Å². The third kappa shape index (κ3) is 2.51. The van der Waals surface area contributed by atoms with Crippen LogP contribution < -0.4 is 4.90 Å². The molecule has 3 nitrogen and oxygen atoms in total. The van der Waals surface area contributed by atoms with E-state index < -0.39 is 0 Å². The first-order valence-corrected chi connectivity index (χ1v) is 7.07. The maximum absolute atomic E-state index is 4.59. The average molecular weight is 247 g/mol. The van der Waals surface area contributed by atoms with E-state index in [4.69, 9.17) is 0 Å². The number of hydrogen-bond acceptors (Lipinski definition) is 3. The molecule has 2 heterocycles. The van der Waals surface area contributed by atoms with Gasteiger partial charge in [0, 0.05) is 37.4 Å². The van der Waals surface area contributed by atoms with Gasteiger partial charge in [-0.3, -0.25) is 4.90 Å². The van der Waals surface area contributed by atoms with Crippen molar-refractivity contribution in [2.45, 2.75) is 45.7 Å². The minimum absolute atomic E-state index is 0.544. The van der Waals surface area contributed by atoms with Gasteiger partial charge >= 0.3 is 0 Å². The van der Waals surface area contributed by atoms with Gasteiger partial charge in [0.25, 0.3) is 0 Å². The minimum atomic E-state index is 0.544. The number of nitrogens with zero attached hydrogens (tertiary/aromatic N) is 3. The number of anilines is 1. The van der Waals surface area contributed by atoms with E-state index in [2.05, 4.69) is 54.7 Å². The zero-order valence-corrected chi connectivity index (χ0v) is 12.1. The Kier molecular flexibility index (Phi) is 4.23. The molecule has 1 saturated heterocycles. The fraction of sp³-hybridized carbons (Fsp3) is 0.667. The molecule has 0 aliphatic carbocycles. The van der Waals surface area contributed by atoms with Gasteiger partial charge in [-0.1, -0.05) is 6.07 Å². The molecule has 0 radical (unpaired) electrons. The number of aromatic nitrogens is 1. The van der Waals surface area contributed by atoms with Crippen molar-refractivity contribution in [1.82, 2.24) is 9.88 Å². The molecule has 1 aliphatic rings. The van der Waals surface area contributed by atoms with Gasteiger partial charge in [-0.2, -0.15) is 0 Å². The molecule has 1 fully saturated rings. The minimum Gasteiger partial charge on any atom is -0.360 e. The molecule has 1 atom stereocenters. The van der Waals surface area contributed by atoms with Crippen molar-refractivity contribution in [3.05, 3.63) is 23.9 Å². The number of hydrogen-bond donors (Lipinski definition) is 0. The predicted octanol–water partition coefficient (Wildman–Crippen LogP) is 3.08. The molecular weight excluding hydrogens is 222 g/mol. The van der Waals surface area contributed by atoms with Crippen molar-refractivity contribution in [1.29, 1.82) is 0 Å². The molecule has 0 unspecified atom stereocenters. The Balaban J connectivity index is 2.32. The standard InChI is InChI=1S/C15H25N3/c1-5-17(4)15-13(8-6-10-16-15)14-9-7-11-18(14)12(2)3/h6,8,10,12,14H,5,7,9,11H2,1-4H3/t14-/m0/s1. The fourth-order valence-corrected chi connectivity index (χ4v) is 2.88. The molecular formula is C15H25N3. The third-order valence-electron chi connectivity index (χ3n) is 3.97. The van der Waals surface area contributed by atoms with Crippen LogP contribution in [0.2, 0.25) is 0 Å². The van der Waals surface area contributed by atoms with E-state index in [0.717, 1.165) is 12.4 Å². The van der Waals surface area contributed by atoms with Crippen LogP contribution in [-0.2, 0) is 0 Å². The second-order valence-corrected chi connectivity index (χ2v) is 5.42. The Morgan fingerprint density at radius 2 is 2.28 bits per heavy atom. The van der Waals surface area contributed by atoms with E-state index in [1.165, 1.54) is 24.9 Å². The van der Waals surface area contributed by atoms with Crippen molar-refractivity contribution in [2.75, 3.05) is 25.0 Å². The first kappa shape index (κ1) is 13.3. The van der Waals surface area contributed by atoms with E-state index in [9.17, 15) is 0 Å². The van der Waals surface area contributed by atoms with Gasteiger partial charge in [0.15, 0.2) is 0 Å². The summed E-state index contributed by atoms with van der Waals surface area (Å²) in [6.07, 6.45) is 4.46. The highest BCUT2D eigenvalue weighted by atomic mass is 15.2. The monoisotopic (exact) mass is 247 g/mol. The van der Waals surface area contributed by atoms with Crippen LogP contribution in [0.1, 0.15) is 45.2 Å². The van der Waals surface area contributed by atoms with Gasteiger partial charge in [0.2, 0.25) is 0 Å². The molecule has 1 aliphatic heterocycles. The van der Waals surface area contributed by atoms with Gasteiger partial charge in [-0.05, 0) is 46.2 Å². The van der Waals surface area contributed by atoms with Crippen LogP contribution >= 0.6 is 0 Å². The SMILES string of the molecule is CCN(C)c1ncccc1[C@@H]1CCCN1C(C)C. The molecule has 1 aromatic rings. The zero-order chi connectivity index (χ0) is 13.1. The van der Waals surface area contributed by atoms with E-state index in [1.54, 1.807) is 0 Å². The quantitative estimate of drug-likeness (QED) is 0.815. The van der Waals surface area contributed by atoms with Gasteiger partial charge in [-0.25, -0.2) is 4.98 Å². The average Bonchev–Trinajstić information content (AvgIpc) is 2.87. The van der Waals surface area contributed by atoms with Gasteiger partial charge < -0.3 is 4.90 Å². The lowest BCUT2D eigenvalue weighted by Gasteiger charge is -2.31. The third-order valence-corrected chi connectivity index (χ3v) is 3.97. The lowest BCUT2D eigenvalue weighted by atomic mass is 10.0. The Bertz CT molecular complexity index is 389. The van der Waals surface area contributed by atoms with Crippen LogP contribution in [0.3, 0.4) is 0 Å². The summed E-state index contributed by atoms with van der Waals surface area (Å²) in [5.41, 5.74) is 1.40. The van der Waals surface area contributed by atoms with Crippen molar-refractivity contribution in [2.24, 2.45) is 0 Å². The molecule has 100 valence electrons. The van der Waals surface area contributed by atoms with Crippen molar-refractivity contribution in [3.63, 3.8) is 0 Å². The van der Waals surface area contributed by atoms with Crippen LogP contribution in [0.4, 0.5) is 5.82 Å². The molecule has 0 N–H and O–H groups in total. The summed E-state index contributed by atoms with van der Waals surface area (Å²) < 4.78 is 0. The molecule has 0 aromatic carbocycles. The predicted molar refractivity (Wildman–Crippen MR) is 77.0 cm³/mol. The Morgan fingerprint density at radius 1 is 1.50 bits per heavy atom. The fourth-order valence-electron chi connectivity index (χ4n) is 2.88. The summed E-state index contributed by atoms with van der Waals surface area (Å²) >= 11 is 0. The zero-order valence-electron chi connectivity index (χ0n) is 12.1. The van der Waals surface area contributed by atoms with Gasteiger partial charge in [0.1, 0.15) is 5.82 Å². The van der Waals surface area contributed by atoms with E-state index in [1.807, 2.05) is 6.20 Å². The topological polar surface area (TPSA) is 19.4 Å². The summed E-state index contributed by atoms with van der Waals surface area (Å²) in [5, 5.41) is 0. The molecule has 0 bridgehead atoms. The highest BCUT2D eigenvalue weighted by Gasteiger charge is 2.30. The Morgan fingerprint density at radius 3 is 2.94 bits per heavy atom. The molecule has 18 heavy (non-hydrogen) atoms. The van der Waals surface area contributed by atoms with E-state index >= 15 is 0 Å². The second-order valence-electron chi connectivity index (χ2n) is 5.42. The van der Waals surface area contributed by atoms with E-state index in [0.29, 0.717) is 12.1 Å². The lowest BCUT2D eigenvalue weighted by Crippen LogP contribution is -2.31. The smallest absolute Gasteiger partial charge is 0.133 e. The van der Waals surface area contributed by atoms with Crippen molar-refractivity contribution in [3.8, 4) is 0 Å². The van der Waals surface area contributed by atoms with Crippen LogP contribution in [-0.4, -0.2) is 36.1 Å². The maximum atomic E-state index is 4.59. The van der Waals surface area contributed by atoms with Crippen LogP contribution in [0.25, 0.3) is 0 Å². The largest absolute Gasteiger partial charge is 0.360 e. The highest BCUT2D eigenvalue weighted by Crippen LogP contribution is 2.37. The Labute approximate surface area is 111 Å². The van der Waals surface area contributed by atoms with Gasteiger partial charge in [0.05, 0.1) is 0 Å². The van der Waals surface area contributed by atoms with Crippen LogP contribution in [0.15, 0.2) is 18.3 Å². The summed E-state index contributed by atoms with van der Waals surface area (Å²) in [6, 6.07) is 5.47. The Hall–Kier alpha value is -1.09. The second kappa shape index (κ2) is 5.70. The number of rotatable bonds is 4. The molecule has 0 spiro atoms. The van der Waals surface area contributed by atoms with Crippen molar-refractivity contribution >= 4 is 5.82 Å². The molecule has 0 saturated carbocycles. The maximum Gasteiger partial charge on any atom is 0.133 e. The first-order chi connectivity index (χ1) is 8.65.